The molecule has 0 fully saturated rings. The number of aliphatic carboxylic acids is 1. The summed E-state index contributed by atoms with van der Waals surface area (Å²) in [5, 5.41) is 21.9. The van der Waals surface area contributed by atoms with Crippen LogP contribution >= 0.6 is 0 Å². The van der Waals surface area contributed by atoms with Gasteiger partial charge in [-0.2, -0.15) is 4.68 Å². The van der Waals surface area contributed by atoms with Crippen LogP contribution in [-0.2, 0) is 9.59 Å². The predicted octanol–water partition coefficient (Wildman–Crippen LogP) is -0.630. The monoisotopic (exact) mass is 376 g/mol. The van der Waals surface area contributed by atoms with E-state index in [1.165, 1.54) is 6.92 Å². The van der Waals surface area contributed by atoms with Gasteiger partial charge in [-0.15, -0.1) is 5.10 Å². The zero-order chi connectivity index (χ0) is 20.0. The number of amides is 3. The van der Waals surface area contributed by atoms with Crippen LogP contribution in [0.15, 0.2) is 29.1 Å². The Morgan fingerprint density at radius 2 is 2.00 bits per heavy atom. The third kappa shape index (κ3) is 5.00. The van der Waals surface area contributed by atoms with Crippen molar-refractivity contribution in [3.63, 3.8) is 0 Å². The SMILES string of the molecule is C[C@@H](C(=O)N[C@@H](CCCNC(N)=O)C(=O)O)n1nnc2ccccc2c1=O. The molecule has 0 saturated heterocycles. The summed E-state index contributed by atoms with van der Waals surface area (Å²) in [5.74, 6) is -1.91. The number of nitrogens with two attached hydrogens (primary N) is 1. The van der Waals surface area contributed by atoms with Crippen molar-refractivity contribution < 1.29 is 19.5 Å². The van der Waals surface area contributed by atoms with Gasteiger partial charge in [0.05, 0.1) is 5.39 Å². The second kappa shape index (κ2) is 8.74. The molecule has 5 N–H and O–H groups in total. The van der Waals surface area contributed by atoms with Crippen molar-refractivity contribution in [2.24, 2.45) is 5.73 Å². The van der Waals surface area contributed by atoms with E-state index in [0.717, 1.165) is 4.68 Å². The molecule has 0 saturated carbocycles. The van der Waals surface area contributed by atoms with Crippen molar-refractivity contribution in [1.82, 2.24) is 25.6 Å². The minimum atomic E-state index is -1.23. The zero-order valence-electron chi connectivity index (χ0n) is 14.6. The second-order valence-corrected chi connectivity index (χ2v) is 5.86. The first-order valence-corrected chi connectivity index (χ1v) is 8.22. The maximum Gasteiger partial charge on any atom is 0.326 e. The lowest BCUT2D eigenvalue weighted by atomic mass is 10.1. The molecule has 0 aliphatic heterocycles. The summed E-state index contributed by atoms with van der Waals surface area (Å²) in [6, 6.07) is 3.62. The fourth-order valence-corrected chi connectivity index (χ4v) is 2.43. The van der Waals surface area contributed by atoms with Crippen LogP contribution in [0.1, 0.15) is 25.8 Å². The van der Waals surface area contributed by atoms with Crippen LogP contribution in [0.2, 0.25) is 0 Å². The van der Waals surface area contributed by atoms with Crippen molar-refractivity contribution in [3.05, 3.63) is 34.6 Å². The molecule has 0 aliphatic carbocycles. The summed E-state index contributed by atoms with van der Waals surface area (Å²) in [6.45, 7) is 1.61. The molecular weight excluding hydrogens is 356 g/mol. The molecule has 2 aromatic rings. The molecule has 27 heavy (non-hydrogen) atoms. The van der Waals surface area contributed by atoms with E-state index in [2.05, 4.69) is 20.9 Å². The third-order valence-electron chi connectivity index (χ3n) is 3.92. The first-order valence-electron chi connectivity index (χ1n) is 8.22. The minimum Gasteiger partial charge on any atom is -0.480 e. The Labute approximate surface area is 153 Å². The Morgan fingerprint density at radius 3 is 2.67 bits per heavy atom. The van der Waals surface area contributed by atoms with Crippen LogP contribution in [0.3, 0.4) is 0 Å². The largest absolute Gasteiger partial charge is 0.480 e. The van der Waals surface area contributed by atoms with E-state index < -0.39 is 35.6 Å². The Kier molecular flexibility index (Phi) is 6.41. The van der Waals surface area contributed by atoms with E-state index in [4.69, 9.17) is 5.73 Å². The number of hydrogen-bond donors (Lipinski definition) is 4. The smallest absolute Gasteiger partial charge is 0.326 e. The van der Waals surface area contributed by atoms with Crippen molar-refractivity contribution in [1.29, 1.82) is 0 Å². The molecule has 0 bridgehead atoms. The van der Waals surface area contributed by atoms with Gasteiger partial charge in [0, 0.05) is 6.54 Å². The number of carbonyl (C=O) groups is 3. The lowest BCUT2D eigenvalue weighted by Crippen LogP contribution is -2.46. The van der Waals surface area contributed by atoms with E-state index >= 15 is 0 Å². The first kappa shape index (κ1) is 19.8. The Morgan fingerprint density at radius 1 is 1.30 bits per heavy atom. The van der Waals surface area contributed by atoms with E-state index in [1.54, 1.807) is 24.3 Å². The van der Waals surface area contributed by atoms with Gasteiger partial charge in [0.15, 0.2) is 0 Å². The third-order valence-corrected chi connectivity index (χ3v) is 3.92. The summed E-state index contributed by atoms with van der Waals surface area (Å²) in [6.07, 6.45) is 0.372. The van der Waals surface area contributed by atoms with Gasteiger partial charge in [-0.1, -0.05) is 17.3 Å². The summed E-state index contributed by atoms with van der Waals surface area (Å²) >= 11 is 0. The lowest BCUT2D eigenvalue weighted by molar-refractivity contribution is -0.142. The van der Waals surface area contributed by atoms with E-state index in [9.17, 15) is 24.3 Å². The van der Waals surface area contributed by atoms with Gasteiger partial charge >= 0.3 is 12.0 Å². The van der Waals surface area contributed by atoms with Crippen molar-refractivity contribution in [2.75, 3.05) is 6.54 Å². The molecule has 1 aromatic carbocycles. The fraction of sp³-hybridized carbons (Fsp3) is 0.375. The number of carboxylic acids is 1. The molecule has 11 nitrogen and oxygen atoms in total. The quantitative estimate of drug-likeness (QED) is 0.444. The van der Waals surface area contributed by atoms with Crippen LogP contribution in [0.4, 0.5) is 4.79 Å². The Balaban J connectivity index is 2.09. The molecule has 0 aliphatic rings. The molecule has 3 amide bonds. The lowest BCUT2D eigenvalue weighted by Gasteiger charge is -2.18. The second-order valence-electron chi connectivity index (χ2n) is 5.86. The number of benzene rings is 1. The van der Waals surface area contributed by atoms with Crippen LogP contribution < -0.4 is 21.9 Å². The number of nitrogens with zero attached hydrogens (tertiary/aromatic N) is 3. The molecule has 11 heteroatoms. The van der Waals surface area contributed by atoms with Crippen LogP contribution in [0.25, 0.3) is 10.9 Å². The molecule has 144 valence electrons. The molecular formula is C16H20N6O5. The van der Waals surface area contributed by atoms with Gasteiger partial charge in [-0.25, -0.2) is 9.59 Å². The van der Waals surface area contributed by atoms with E-state index in [0.29, 0.717) is 17.3 Å². The normalized spacial score (nSPS) is 12.9. The highest BCUT2D eigenvalue weighted by Crippen LogP contribution is 2.08. The van der Waals surface area contributed by atoms with Crippen LogP contribution in [-0.4, -0.2) is 50.6 Å². The van der Waals surface area contributed by atoms with Gasteiger partial charge < -0.3 is 21.5 Å². The molecule has 0 radical (unpaired) electrons. The maximum atomic E-state index is 12.5. The molecule has 1 aromatic heterocycles. The first-order chi connectivity index (χ1) is 12.8. The molecule has 1 heterocycles. The Hall–Kier alpha value is -3.50. The predicted molar refractivity (Wildman–Crippen MR) is 94.9 cm³/mol. The molecule has 2 atom stereocenters. The molecule has 0 unspecified atom stereocenters. The Bertz CT molecular complexity index is 912. The van der Waals surface area contributed by atoms with Crippen LogP contribution in [0, 0.1) is 0 Å². The summed E-state index contributed by atoms with van der Waals surface area (Å²) in [4.78, 5) is 46.8. The van der Waals surface area contributed by atoms with E-state index in [-0.39, 0.29) is 13.0 Å². The summed E-state index contributed by atoms with van der Waals surface area (Å²) in [5.41, 5.74) is 4.83. The highest BCUT2D eigenvalue weighted by Gasteiger charge is 2.25. The highest BCUT2D eigenvalue weighted by molar-refractivity contribution is 5.86. The number of rotatable bonds is 8. The van der Waals surface area contributed by atoms with Gasteiger partial charge in [-0.3, -0.25) is 9.59 Å². The fourth-order valence-electron chi connectivity index (χ4n) is 2.43. The number of aromatic nitrogens is 3. The average Bonchev–Trinajstić information content (AvgIpc) is 2.63. The number of nitrogens with one attached hydrogen (secondary N) is 2. The van der Waals surface area contributed by atoms with E-state index in [1.807, 2.05) is 0 Å². The number of hydrogen-bond acceptors (Lipinski definition) is 6. The number of primary amides is 1. The molecule has 0 spiro atoms. The summed E-state index contributed by atoms with van der Waals surface area (Å²) < 4.78 is 0.908. The van der Waals surface area contributed by atoms with Crippen molar-refractivity contribution in [3.8, 4) is 0 Å². The van der Waals surface area contributed by atoms with Gasteiger partial charge in [0.25, 0.3) is 5.56 Å². The number of urea groups is 1. The van der Waals surface area contributed by atoms with Crippen molar-refractivity contribution in [2.45, 2.75) is 31.8 Å². The number of fused-ring (bicyclic) bond motifs is 1. The van der Waals surface area contributed by atoms with Gasteiger partial charge in [0.1, 0.15) is 17.6 Å². The van der Waals surface area contributed by atoms with Crippen LogP contribution in [0.5, 0.6) is 0 Å². The van der Waals surface area contributed by atoms with Gasteiger partial charge in [0.2, 0.25) is 5.91 Å². The number of carbonyl (C=O) groups excluding carboxylic acids is 2. The average molecular weight is 376 g/mol. The maximum absolute atomic E-state index is 12.5. The van der Waals surface area contributed by atoms with Crippen molar-refractivity contribution >= 4 is 28.8 Å². The standard InChI is InChI=1S/C16H20N6O5/c1-9(22-14(24)10-5-2-3-6-11(10)20-21-22)13(23)19-12(15(25)26)7-4-8-18-16(17)27/h2-3,5-6,9,12H,4,7-8H2,1H3,(H,19,23)(H,25,26)(H3,17,18,27)/t9-,12-/m0/s1. The number of carboxylic acid groups (broad SMARTS) is 1. The topological polar surface area (TPSA) is 169 Å². The summed E-state index contributed by atoms with van der Waals surface area (Å²) in [7, 11) is 0. The molecule has 2 rings (SSSR count). The zero-order valence-corrected chi connectivity index (χ0v) is 14.6. The van der Waals surface area contributed by atoms with Gasteiger partial charge in [-0.05, 0) is 31.9 Å². The highest BCUT2D eigenvalue weighted by atomic mass is 16.4. The minimum absolute atomic E-state index is 0.0758.